The maximum atomic E-state index is 11.3. The maximum Gasteiger partial charge on any atom is 0.305 e. The van der Waals surface area contributed by atoms with Gasteiger partial charge in [0, 0.05) is 13.0 Å². The Labute approximate surface area is 117 Å². The summed E-state index contributed by atoms with van der Waals surface area (Å²) in [6.45, 7) is 3.06. The fourth-order valence-electron chi connectivity index (χ4n) is 2.04. The van der Waals surface area contributed by atoms with E-state index in [4.69, 9.17) is 4.74 Å². The Morgan fingerprint density at radius 3 is 2.95 bits per heavy atom. The van der Waals surface area contributed by atoms with E-state index in [0.717, 1.165) is 29.2 Å². The molecule has 0 unspecified atom stereocenters. The first-order chi connectivity index (χ1) is 9.26. The van der Waals surface area contributed by atoms with Gasteiger partial charge in [0.05, 0.1) is 17.6 Å². The van der Waals surface area contributed by atoms with E-state index in [1.807, 2.05) is 31.4 Å². The quantitative estimate of drug-likeness (QED) is 0.601. The SMILES string of the molecule is CCOC(=O)CCCn1c(SC)nc2ccccc21. The second-order valence-electron chi connectivity index (χ2n) is 4.15. The zero-order valence-electron chi connectivity index (χ0n) is 11.3. The van der Waals surface area contributed by atoms with Gasteiger partial charge in [-0.3, -0.25) is 4.79 Å². The van der Waals surface area contributed by atoms with Gasteiger partial charge in [-0.2, -0.15) is 0 Å². The molecule has 1 aromatic carbocycles. The Morgan fingerprint density at radius 1 is 1.42 bits per heavy atom. The molecule has 102 valence electrons. The second-order valence-corrected chi connectivity index (χ2v) is 4.92. The topological polar surface area (TPSA) is 44.1 Å². The van der Waals surface area contributed by atoms with Crippen LogP contribution in [0.1, 0.15) is 19.8 Å². The molecule has 0 N–H and O–H groups in total. The first kappa shape index (κ1) is 13.9. The summed E-state index contributed by atoms with van der Waals surface area (Å²) in [5.41, 5.74) is 2.12. The Morgan fingerprint density at radius 2 is 2.21 bits per heavy atom. The van der Waals surface area contributed by atoms with Crippen LogP contribution in [0.3, 0.4) is 0 Å². The number of benzene rings is 1. The highest BCUT2D eigenvalue weighted by Gasteiger charge is 2.10. The van der Waals surface area contributed by atoms with Crippen molar-refractivity contribution in [2.45, 2.75) is 31.5 Å². The molecule has 0 fully saturated rings. The lowest BCUT2D eigenvalue weighted by molar-refractivity contribution is -0.143. The molecule has 1 heterocycles. The minimum Gasteiger partial charge on any atom is -0.466 e. The van der Waals surface area contributed by atoms with Gasteiger partial charge in [-0.05, 0) is 31.7 Å². The van der Waals surface area contributed by atoms with E-state index in [1.54, 1.807) is 11.8 Å². The smallest absolute Gasteiger partial charge is 0.305 e. The highest BCUT2D eigenvalue weighted by Crippen LogP contribution is 2.22. The molecule has 4 nitrogen and oxygen atoms in total. The monoisotopic (exact) mass is 278 g/mol. The van der Waals surface area contributed by atoms with Gasteiger partial charge in [-0.1, -0.05) is 23.9 Å². The molecule has 0 atom stereocenters. The number of aromatic nitrogens is 2. The largest absolute Gasteiger partial charge is 0.466 e. The average Bonchev–Trinajstić information content (AvgIpc) is 2.77. The molecular weight excluding hydrogens is 260 g/mol. The molecule has 0 aliphatic carbocycles. The van der Waals surface area contributed by atoms with Crippen LogP contribution in [-0.2, 0) is 16.1 Å². The number of ether oxygens (including phenoxy) is 1. The van der Waals surface area contributed by atoms with Crippen LogP contribution in [0.2, 0.25) is 0 Å². The number of esters is 1. The van der Waals surface area contributed by atoms with E-state index < -0.39 is 0 Å². The van der Waals surface area contributed by atoms with Crippen molar-refractivity contribution in [3.05, 3.63) is 24.3 Å². The lowest BCUT2D eigenvalue weighted by Crippen LogP contribution is -2.06. The van der Waals surface area contributed by atoms with E-state index in [2.05, 4.69) is 15.6 Å². The molecule has 0 amide bonds. The number of hydrogen-bond acceptors (Lipinski definition) is 4. The van der Waals surface area contributed by atoms with E-state index >= 15 is 0 Å². The molecule has 2 aromatic rings. The Bertz CT molecular complexity index is 566. The van der Waals surface area contributed by atoms with Gasteiger partial charge in [0.25, 0.3) is 0 Å². The van der Waals surface area contributed by atoms with Crippen LogP contribution in [0.4, 0.5) is 0 Å². The van der Waals surface area contributed by atoms with E-state index in [-0.39, 0.29) is 5.97 Å². The number of hydrogen-bond donors (Lipinski definition) is 0. The predicted octanol–water partition coefficient (Wildman–Crippen LogP) is 3.10. The van der Waals surface area contributed by atoms with Gasteiger partial charge >= 0.3 is 5.97 Å². The summed E-state index contributed by atoms with van der Waals surface area (Å²) >= 11 is 1.63. The molecule has 0 saturated carbocycles. The third kappa shape index (κ3) is 3.29. The third-order valence-electron chi connectivity index (χ3n) is 2.87. The molecule has 19 heavy (non-hydrogen) atoms. The van der Waals surface area contributed by atoms with Crippen molar-refractivity contribution >= 4 is 28.8 Å². The summed E-state index contributed by atoms with van der Waals surface area (Å²) in [4.78, 5) is 15.9. The first-order valence-electron chi connectivity index (χ1n) is 6.41. The standard InChI is InChI=1S/C14H18N2O2S/c1-3-18-13(17)9-6-10-16-12-8-5-4-7-11(12)15-14(16)19-2/h4-5,7-8H,3,6,9-10H2,1-2H3. The Kier molecular flexibility index (Phi) is 4.85. The fourth-order valence-corrected chi connectivity index (χ4v) is 2.64. The molecule has 0 saturated heterocycles. The average molecular weight is 278 g/mol. The lowest BCUT2D eigenvalue weighted by atomic mass is 10.3. The lowest BCUT2D eigenvalue weighted by Gasteiger charge is -2.07. The van der Waals surface area contributed by atoms with Crippen LogP contribution >= 0.6 is 11.8 Å². The van der Waals surface area contributed by atoms with Crippen molar-refractivity contribution in [2.75, 3.05) is 12.9 Å². The van der Waals surface area contributed by atoms with Crippen molar-refractivity contribution in [3.63, 3.8) is 0 Å². The minimum absolute atomic E-state index is 0.127. The molecule has 0 radical (unpaired) electrons. The molecule has 0 bridgehead atoms. The van der Waals surface area contributed by atoms with Crippen LogP contribution < -0.4 is 0 Å². The van der Waals surface area contributed by atoms with Gasteiger partial charge in [0.2, 0.25) is 0 Å². The van der Waals surface area contributed by atoms with E-state index in [0.29, 0.717) is 13.0 Å². The maximum absolute atomic E-state index is 11.3. The molecule has 5 heteroatoms. The number of rotatable bonds is 6. The number of aryl methyl sites for hydroxylation is 1. The van der Waals surface area contributed by atoms with Gasteiger partial charge < -0.3 is 9.30 Å². The first-order valence-corrected chi connectivity index (χ1v) is 7.63. The molecule has 1 aromatic heterocycles. The Hall–Kier alpha value is -1.49. The van der Waals surface area contributed by atoms with Crippen molar-refractivity contribution in [3.8, 4) is 0 Å². The van der Waals surface area contributed by atoms with Crippen LogP contribution in [0, 0.1) is 0 Å². The zero-order valence-corrected chi connectivity index (χ0v) is 12.1. The molecule has 0 spiro atoms. The normalized spacial score (nSPS) is 10.8. The highest BCUT2D eigenvalue weighted by atomic mass is 32.2. The number of carbonyl (C=O) groups excluding carboxylic acids is 1. The van der Waals surface area contributed by atoms with Gasteiger partial charge in [0.15, 0.2) is 5.16 Å². The number of fused-ring (bicyclic) bond motifs is 1. The fraction of sp³-hybridized carbons (Fsp3) is 0.429. The number of thioether (sulfide) groups is 1. The van der Waals surface area contributed by atoms with Gasteiger partial charge in [-0.15, -0.1) is 0 Å². The number of nitrogens with zero attached hydrogens (tertiary/aromatic N) is 2. The summed E-state index contributed by atoms with van der Waals surface area (Å²) in [5, 5.41) is 0.991. The third-order valence-corrected chi connectivity index (χ3v) is 3.55. The Balaban J connectivity index is 2.09. The van der Waals surface area contributed by atoms with E-state index in [1.165, 1.54) is 0 Å². The van der Waals surface area contributed by atoms with Crippen molar-refractivity contribution in [1.82, 2.24) is 9.55 Å². The summed E-state index contributed by atoms with van der Waals surface area (Å²) < 4.78 is 7.10. The summed E-state index contributed by atoms with van der Waals surface area (Å²) in [6, 6.07) is 8.07. The summed E-state index contributed by atoms with van der Waals surface area (Å²) in [6.07, 6.45) is 3.24. The van der Waals surface area contributed by atoms with Gasteiger partial charge in [0.1, 0.15) is 0 Å². The number of carbonyl (C=O) groups is 1. The van der Waals surface area contributed by atoms with Crippen LogP contribution in [0.5, 0.6) is 0 Å². The zero-order chi connectivity index (χ0) is 13.7. The van der Waals surface area contributed by atoms with Crippen molar-refractivity contribution < 1.29 is 9.53 Å². The van der Waals surface area contributed by atoms with E-state index in [9.17, 15) is 4.79 Å². The van der Waals surface area contributed by atoms with Crippen molar-refractivity contribution in [2.24, 2.45) is 0 Å². The van der Waals surface area contributed by atoms with Crippen molar-refractivity contribution in [1.29, 1.82) is 0 Å². The van der Waals surface area contributed by atoms with Crippen LogP contribution in [-0.4, -0.2) is 28.4 Å². The molecule has 0 aliphatic rings. The summed E-state index contributed by atoms with van der Waals surface area (Å²) in [7, 11) is 0. The van der Waals surface area contributed by atoms with Crippen LogP contribution in [0.25, 0.3) is 11.0 Å². The van der Waals surface area contributed by atoms with Crippen LogP contribution in [0.15, 0.2) is 29.4 Å². The highest BCUT2D eigenvalue weighted by molar-refractivity contribution is 7.98. The number of imidazole rings is 1. The summed E-state index contributed by atoms with van der Waals surface area (Å²) in [5.74, 6) is -0.127. The number of para-hydroxylation sites is 2. The second kappa shape index (κ2) is 6.61. The minimum atomic E-state index is -0.127. The molecular formula is C14H18N2O2S. The van der Waals surface area contributed by atoms with Gasteiger partial charge in [-0.25, -0.2) is 4.98 Å². The molecule has 2 rings (SSSR count). The molecule has 0 aliphatic heterocycles. The predicted molar refractivity (Wildman–Crippen MR) is 77.4 cm³/mol.